The van der Waals surface area contributed by atoms with Crippen molar-refractivity contribution in [3.8, 4) is 0 Å². The van der Waals surface area contributed by atoms with Gasteiger partial charge in [0, 0.05) is 18.1 Å². The second-order valence-electron chi connectivity index (χ2n) is 5.58. The molecule has 0 saturated heterocycles. The van der Waals surface area contributed by atoms with Crippen molar-refractivity contribution >= 4 is 23.4 Å². The molecule has 114 valence electrons. The van der Waals surface area contributed by atoms with Crippen LogP contribution >= 0.6 is 11.6 Å². The van der Waals surface area contributed by atoms with Gasteiger partial charge < -0.3 is 9.88 Å². The molecule has 0 aliphatic carbocycles. The number of halogens is 1. The quantitative estimate of drug-likeness (QED) is 0.889. The molecule has 0 radical (unpaired) electrons. The van der Waals surface area contributed by atoms with Crippen LogP contribution in [0, 0.1) is 0 Å². The highest BCUT2D eigenvalue weighted by Crippen LogP contribution is 2.27. The van der Waals surface area contributed by atoms with Gasteiger partial charge in [0.2, 0.25) is 5.96 Å². The molecule has 2 aliphatic heterocycles. The molecule has 2 N–H and O–H groups in total. The van der Waals surface area contributed by atoms with E-state index in [9.17, 15) is 4.79 Å². The summed E-state index contributed by atoms with van der Waals surface area (Å²) in [7, 11) is 0. The molecule has 0 fully saturated rings. The summed E-state index contributed by atoms with van der Waals surface area (Å²) in [5.41, 5.74) is 1.86. The molecule has 4 rings (SSSR count). The molecule has 0 unspecified atom stereocenters. The third-order valence-corrected chi connectivity index (χ3v) is 4.27. The maximum absolute atomic E-state index is 11.7. The number of guanidine groups is 1. The summed E-state index contributed by atoms with van der Waals surface area (Å²) in [5, 5.41) is 0.717. The van der Waals surface area contributed by atoms with Crippen LogP contribution in [0.4, 0.5) is 5.82 Å². The van der Waals surface area contributed by atoms with Crippen LogP contribution in [0.3, 0.4) is 0 Å². The van der Waals surface area contributed by atoms with Crippen molar-refractivity contribution in [2.45, 2.75) is 19.5 Å². The van der Waals surface area contributed by atoms with E-state index in [4.69, 9.17) is 11.6 Å². The summed E-state index contributed by atoms with van der Waals surface area (Å²) in [6, 6.07) is 7.74. The zero-order valence-electron chi connectivity index (χ0n) is 12.0. The van der Waals surface area contributed by atoms with Crippen LogP contribution < -0.4 is 10.6 Å². The van der Waals surface area contributed by atoms with Crippen molar-refractivity contribution < 1.29 is 0 Å². The average molecular weight is 318 g/mol. The van der Waals surface area contributed by atoms with Crippen LogP contribution in [0.1, 0.15) is 17.7 Å². The molecular weight excluding hydrogens is 302 g/mol. The van der Waals surface area contributed by atoms with Gasteiger partial charge in [-0.3, -0.25) is 14.9 Å². The lowest BCUT2D eigenvalue weighted by Crippen LogP contribution is -2.50. The molecule has 6 nitrogen and oxygen atoms in total. The monoisotopic (exact) mass is 317 g/mol. The van der Waals surface area contributed by atoms with Crippen LogP contribution in [-0.2, 0) is 13.1 Å². The molecule has 1 aromatic carbocycles. The Hall–Kier alpha value is -2.21. The Labute approximate surface area is 132 Å². The van der Waals surface area contributed by atoms with Gasteiger partial charge in [-0.25, -0.2) is 4.79 Å². The number of benzene rings is 1. The van der Waals surface area contributed by atoms with Crippen molar-refractivity contribution in [2.75, 3.05) is 18.0 Å². The molecule has 2 aromatic rings. The molecule has 0 bridgehead atoms. The third-order valence-electron chi connectivity index (χ3n) is 4.02. The summed E-state index contributed by atoms with van der Waals surface area (Å²) in [5.74, 6) is 1.75. The summed E-state index contributed by atoms with van der Waals surface area (Å²) in [6.45, 7) is 3.13. The summed E-state index contributed by atoms with van der Waals surface area (Å²) < 4.78 is 0. The van der Waals surface area contributed by atoms with Gasteiger partial charge >= 0.3 is 5.69 Å². The minimum absolute atomic E-state index is 0.174. The van der Waals surface area contributed by atoms with E-state index in [1.165, 1.54) is 0 Å². The molecule has 0 atom stereocenters. The van der Waals surface area contributed by atoms with Crippen LogP contribution in [0.15, 0.2) is 34.1 Å². The summed E-state index contributed by atoms with van der Waals surface area (Å²) >= 11 is 5.95. The molecular formula is C15H16ClN5O. The Balaban J connectivity index is 1.74. The maximum Gasteiger partial charge on any atom is 0.324 e. The summed E-state index contributed by atoms with van der Waals surface area (Å²) in [4.78, 5) is 26.4. The van der Waals surface area contributed by atoms with Crippen LogP contribution in [0.25, 0.3) is 0 Å². The van der Waals surface area contributed by atoms with E-state index in [2.05, 4.69) is 24.8 Å². The topological polar surface area (TPSA) is 67.5 Å². The lowest BCUT2D eigenvalue weighted by Gasteiger charge is -2.40. The lowest BCUT2D eigenvalue weighted by atomic mass is 10.2. The molecule has 2 aliphatic rings. The maximum atomic E-state index is 11.7. The molecule has 0 spiro atoms. The Morgan fingerprint density at radius 1 is 1.23 bits per heavy atom. The Morgan fingerprint density at radius 3 is 2.86 bits per heavy atom. The SMILES string of the molecule is O=c1[nH]c2c([nH]1)N(Cc1ccc(Cl)cc1)C1=NCCCN1C2. The van der Waals surface area contributed by atoms with Gasteiger partial charge in [-0.15, -0.1) is 0 Å². The van der Waals surface area contributed by atoms with Crippen molar-refractivity contribution in [3.63, 3.8) is 0 Å². The number of nitrogens with one attached hydrogen (secondary N) is 2. The van der Waals surface area contributed by atoms with Gasteiger partial charge in [0.1, 0.15) is 5.82 Å². The summed E-state index contributed by atoms with van der Waals surface area (Å²) in [6.07, 6.45) is 1.04. The number of anilines is 1. The molecule has 7 heteroatoms. The molecule has 0 amide bonds. The van der Waals surface area contributed by atoms with E-state index in [0.717, 1.165) is 47.6 Å². The number of hydrogen-bond donors (Lipinski definition) is 2. The number of nitrogens with zero attached hydrogens (tertiary/aromatic N) is 3. The number of aliphatic imine (C=N–C) groups is 1. The number of aromatic amines is 2. The van der Waals surface area contributed by atoms with Gasteiger partial charge in [0.05, 0.1) is 18.8 Å². The first-order valence-corrected chi connectivity index (χ1v) is 7.71. The second kappa shape index (κ2) is 5.21. The van der Waals surface area contributed by atoms with Crippen LogP contribution in [0.5, 0.6) is 0 Å². The standard InChI is InChI=1S/C15H16ClN5O/c16-11-4-2-10(3-5-11)8-21-13-12(18-14(22)19-13)9-20-7-1-6-17-15(20)21/h2-5H,1,6-9H2,(H2,18,19,22). The van der Waals surface area contributed by atoms with Crippen LogP contribution in [0.2, 0.25) is 5.02 Å². The second-order valence-corrected chi connectivity index (χ2v) is 6.01. The number of fused-ring (bicyclic) bond motifs is 2. The van der Waals surface area contributed by atoms with E-state index in [0.29, 0.717) is 13.1 Å². The smallest absolute Gasteiger partial charge is 0.324 e. The average Bonchev–Trinajstić information content (AvgIpc) is 2.89. The van der Waals surface area contributed by atoms with Gasteiger partial charge in [-0.05, 0) is 24.1 Å². The van der Waals surface area contributed by atoms with Gasteiger partial charge in [-0.1, -0.05) is 23.7 Å². The number of hydrogen-bond acceptors (Lipinski definition) is 4. The lowest BCUT2D eigenvalue weighted by molar-refractivity contribution is 0.366. The molecule has 3 heterocycles. The van der Waals surface area contributed by atoms with Crippen molar-refractivity contribution in [1.82, 2.24) is 14.9 Å². The first kappa shape index (κ1) is 13.5. The Bertz CT molecular complexity index is 776. The number of imidazole rings is 1. The first-order chi connectivity index (χ1) is 10.7. The normalized spacial score (nSPS) is 17.0. The van der Waals surface area contributed by atoms with E-state index in [1.54, 1.807) is 0 Å². The largest absolute Gasteiger partial charge is 0.336 e. The Morgan fingerprint density at radius 2 is 2.05 bits per heavy atom. The fourth-order valence-corrected chi connectivity index (χ4v) is 3.14. The van der Waals surface area contributed by atoms with Crippen LogP contribution in [-0.4, -0.2) is 33.9 Å². The van der Waals surface area contributed by atoms with Crippen molar-refractivity contribution in [2.24, 2.45) is 4.99 Å². The van der Waals surface area contributed by atoms with E-state index >= 15 is 0 Å². The van der Waals surface area contributed by atoms with Crippen molar-refractivity contribution in [1.29, 1.82) is 0 Å². The number of H-pyrrole nitrogens is 2. The van der Waals surface area contributed by atoms with E-state index in [-0.39, 0.29) is 5.69 Å². The third kappa shape index (κ3) is 2.29. The van der Waals surface area contributed by atoms with Gasteiger partial charge in [0.15, 0.2) is 0 Å². The molecule has 22 heavy (non-hydrogen) atoms. The number of rotatable bonds is 2. The highest BCUT2D eigenvalue weighted by molar-refractivity contribution is 6.30. The molecule has 0 saturated carbocycles. The molecule has 1 aromatic heterocycles. The zero-order chi connectivity index (χ0) is 15.1. The predicted octanol–water partition coefficient (Wildman–Crippen LogP) is 1.94. The zero-order valence-corrected chi connectivity index (χ0v) is 12.7. The fourth-order valence-electron chi connectivity index (χ4n) is 3.01. The first-order valence-electron chi connectivity index (χ1n) is 7.33. The highest BCUT2D eigenvalue weighted by Gasteiger charge is 2.31. The number of aromatic nitrogens is 2. The minimum Gasteiger partial charge on any atom is -0.336 e. The Kier molecular flexibility index (Phi) is 3.18. The van der Waals surface area contributed by atoms with Crippen molar-refractivity contribution in [3.05, 3.63) is 51.0 Å². The fraction of sp³-hybridized carbons (Fsp3) is 0.333. The minimum atomic E-state index is -0.174. The van der Waals surface area contributed by atoms with E-state index < -0.39 is 0 Å². The predicted molar refractivity (Wildman–Crippen MR) is 86.4 cm³/mol. The van der Waals surface area contributed by atoms with Gasteiger partial charge in [-0.2, -0.15) is 0 Å². The van der Waals surface area contributed by atoms with E-state index in [1.807, 2.05) is 24.3 Å². The highest BCUT2D eigenvalue weighted by atomic mass is 35.5. The van der Waals surface area contributed by atoms with Gasteiger partial charge in [0.25, 0.3) is 0 Å².